The second-order valence-corrected chi connectivity index (χ2v) is 4.50. The van der Waals surface area contributed by atoms with Crippen LogP contribution in [0.4, 0.5) is 0 Å². The Bertz CT molecular complexity index is 589. The Morgan fingerprint density at radius 1 is 0.611 bits per heavy atom. The molecule has 0 fully saturated rings. The summed E-state index contributed by atoms with van der Waals surface area (Å²) >= 11 is 0. The fourth-order valence-electron chi connectivity index (χ4n) is 2.44. The third kappa shape index (κ3) is 1.39. The molecule has 4 nitrogen and oxygen atoms in total. The molecule has 0 aromatic heterocycles. The van der Waals surface area contributed by atoms with Gasteiger partial charge in [-0.25, -0.2) is 0 Å². The number of fused-ring (bicyclic) bond motifs is 2. The van der Waals surface area contributed by atoms with Gasteiger partial charge in [0.2, 0.25) is 0 Å². The maximum atomic E-state index is 9.83. The highest BCUT2D eigenvalue weighted by Crippen LogP contribution is 2.42. The second kappa shape index (κ2) is 3.57. The van der Waals surface area contributed by atoms with Crippen LogP contribution in [0, 0.1) is 0 Å². The van der Waals surface area contributed by atoms with Crippen molar-refractivity contribution in [3.63, 3.8) is 0 Å². The standard InChI is InChI=1S/C14H12O4/c15-11-3-1-7-5-10-8(6-9(7)13(11)17)2-4-12(16)14(10)18/h1-4,15-18H,5-6H2. The predicted molar refractivity (Wildman–Crippen MR) is 65.2 cm³/mol. The average Bonchev–Trinajstić information content (AvgIpc) is 2.38. The summed E-state index contributed by atoms with van der Waals surface area (Å²) in [5.41, 5.74) is 3.04. The van der Waals surface area contributed by atoms with E-state index in [2.05, 4.69) is 0 Å². The Morgan fingerprint density at radius 2 is 1.00 bits per heavy atom. The van der Waals surface area contributed by atoms with E-state index in [1.807, 2.05) is 0 Å². The first-order valence-electron chi connectivity index (χ1n) is 5.63. The molecule has 3 rings (SSSR count). The molecule has 2 aromatic carbocycles. The average molecular weight is 244 g/mol. The molecule has 92 valence electrons. The summed E-state index contributed by atoms with van der Waals surface area (Å²) in [5, 5.41) is 38.6. The van der Waals surface area contributed by atoms with Crippen molar-refractivity contribution in [3.8, 4) is 23.0 Å². The summed E-state index contributed by atoms with van der Waals surface area (Å²) in [6.45, 7) is 0. The lowest BCUT2D eigenvalue weighted by molar-refractivity contribution is 0.395. The minimum absolute atomic E-state index is 0.106. The Labute approximate surface area is 103 Å². The third-order valence-corrected chi connectivity index (χ3v) is 3.45. The molecular formula is C14H12O4. The molecule has 18 heavy (non-hydrogen) atoms. The van der Waals surface area contributed by atoms with Gasteiger partial charge in [-0.1, -0.05) is 12.1 Å². The lowest BCUT2D eigenvalue weighted by Gasteiger charge is -2.22. The predicted octanol–water partition coefficient (Wildman–Crippen LogP) is 2.00. The van der Waals surface area contributed by atoms with Gasteiger partial charge in [-0.2, -0.15) is 0 Å². The minimum atomic E-state index is -0.139. The molecule has 4 N–H and O–H groups in total. The van der Waals surface area contributed by atoms with Crippen molar-refractivity contribution in [2.24, 2.45) is 0 Å². The number of phenolic OH excluding ortho intramolecular Hbond substituents is 4. The molecule has 0 radical (unpaired) electrons. The second-order valence-electron chi connectivity index (χ2n) is 4.50. The fourth-order valence-corrected chi connectivity index (χ4v) is 2.44. The summed E-state index contributed by atoms with van der Waals surface area (Å²) in [6.07, 6.45) is 0.859. The maximum absolute atomic E-state index is 9.83. The molecule has 0 heterocycles. The van der Waals surface area contributed by atoms with Gasteiger partial charge in [-0.05, 0) is 23.3 Å². The third-order valence-electron chi connectivity index (χ3n) is 3.45. The van der Waals surface area contributed by atoms with Crippen molar-refractivity contribution < 1.29 is 20.4 Å². The quantitative estimate of drug-likeness (QED) is 0.456. The number of hydrogen-bond donors (Lipinski definition) is 4. The molecule has 4 heteroatoms. The first-order chi connectivity index (χ1) is 8.58. The highest BCUT2D eigenvalue weighted by Gasteiger charge is 2.23. The van der Waals surface area contributed by atoms with Crippen LogP contribution >= 0.6 is 0 Å². The van der Waals surface area contributed by atoms with Crippen LogP contribution in [0.2, 0.25) is 0 Å². The summed E-state index contributed by atoms with van der Waals surface area (Å²) in [4.78, 5) is 0. The van der Waals surface area contributed by atoms with E-state index in [1.54, 1.807) is 12.1 Å². The van der Waals surface area contributed by atoms with Crippen LogP contribution in [0.5, 0.6) is 23.0 Å². The van der Waals surface area contributed by atoms with Gasteiger partial charge < -0.3 is 20.4 Å². The molecule has 0 atom stereocenters. The van der Waals surface area contributed by atoms with Crippen molar-refractivity contribution in [1.82, 2.24) is 0 Å². The van der Waals surface area contributed by atoms with Gasteiger partial charge in [0.25, 0.3) is 0 Å². The molecule has 0 amide bonds. The zero-order valence-electron chi connectivity index (χ0n) is 9.51. The van der Waals surface area contributed by atoms with Gasteiger partial charge in [-0.15, -0.1) is 0 Å². The van der Waals surface area contributed by atoms with E-state index in [-0.39, 0.29) is 23.0 Å². The number of rotatable bonds is 0. The van der Waals surface area contributed by atoms with Gasteiger partial charge in [0.15, 0.2) is 23.0 Å². The van der Waals surface area contributed by atoms with Crippen LogP contribution in [0.25, 0.3) is 0 Å². The smallest absolute Gasteiger partial charge is 0.161 e. The highest BCUT2D eigenvalue weighted by atomic mass is 16.3. The Morgan fingerprint density at radius 3 is 1.39 bits per heavy atom. The van der Waals surface area contributed by atoms with E-state index in [0.717, 1.165) is 11.1 Å². The molecule has 0 unspecified atom stereocenters. The number of aromatic hydroxyl groups is 4. The SMILES string of the molecule is Oc1ccc2c(c1O)Cc1ccc(O)c(O)c1C2. The molecule has 0 aliphatic heterocycles. The zero-order chi connectivity index (χ0) is 12.9. The lowest BCUT2D eigenvalue weighted by atomic mass is 9.84. The molecule has 0 saturated carbocycles. The van der Waals surface area contributed by atoms with Crippen LogP contribution in [-0.2, 0) is 12.8 Å². The number of phenols is 4. The van der Waals surface area contributed by atoms with Crippen LogP contribution in [-0.4, -0.2) is 20.4 Å². The highest BCUT2D eigenvalue weighted by molar-refractivity contribution is 5.60. The largest absolute Gasteiger partial charge is 0.504 e. The first-order valence-corrected chi connectivity index (χ1v) is 5.63. The zero-order valence-corrected chi connectivity index (χ0v) is 9.51. The molecule has 2 aromatic rings. The molecule has 0 bridgehead atoms. The summed E-state index contributed by atoms with van der Waals surface area (Å²) in [5.74, 6) is -0.489. The monoisotopic (exact) mass is 244 g/mol. The first kappa shape index (κ1) is 10.8. The normalized spacial score (nSPS) is 12.9. The maximum Gasteiger partial charge on any atom is 0.161 e. The number of benzene rings is 2. The van der Waals surface area contributed by atoms with Gasteiger partial charge in [-0.3, -0.25) is 0 Å². The Hall–Kier alpha value is -2.36. The van der Waals surface area contributed by atoms with Crippen LogP contribution < -0.4 is 0 Å². The fraction of sp³-hybridized carbons (Fsp3) is 0.143. The lowest BCUT2D eigenvalue weighted by Crippen LogP contribution is -2.07. The Balaban J connectivity index is 2.18. The van der Waals surface area contributed by atoms with E-state index in [4.69, 9.17) is 0 Å². The van der Waals surface area contributed by atoms with Gasteiger partial charge in [0, 0.05) is 24.0 Å². The van der Waals surface area contributed by atoms with E-state index in [1.165, 1.54) is 12.1 Å². The van der Waals surface area contributed by atoms with E-state index < -0.39 is 0 Å². The number of hydrogen-bond acceptors (Lipinski definition) is 4. The van der Waals surface area contributed by atoms with Gasteiger partial charge >= 0.3 is 0 Å². The minimum Gasteiger partial charge on any atom is -0.504 e. The molecule has 1 aliphatic carbocycles. The van der Waals surface area contributed by atoms with Crippen molar-refractivity contribution in [2.75, 3.05) is 0 Å². The van der Waals surface area contributed by atoms with E-state index in [9.17, 15) is 20.4 Å². The van der Waals surface area contributed by atoms with E-state index >= 15 is 0 Å². The van der Waals surface area contributed by atoms with Crippen LogP contribution in [0.15, 0.2) is 24.3 Å². The molecular weight excluding hydrogens is 232 g/mol. The topological polar surface area (TPSA) is 80.9 Å². The van der Waals surface area contributed by atoms with Crippen LogP contribution in [0.1, 0.15) is 22.3 Å². The summed E-state index contributed by atoms with van der Waals surface area (Å²) < 4.78 is 0. The summed E-state index contributed by atoms with van der Waals surface area (Å²) in [6, 6.07) is 6.30. The van der Waals surface area contributed by atoms with Gasteiger partial charge in [0.1, 0.15) is 0 Å². The molecule has 0 spiro atoms. The van der Waals surface area contributed by atoms with Crippen molar-refractivity contribution in [1.29, 1.82) is 0 Å². The molecule has 1 aliphatic rings. The van der Waals surface area contributed by atoms with Crippen molar-refractivity contribution in [3.05, 3.63) is 46.5 Å². The van der Waals surface area contributed by atoms with Crippen molar-refractivity contribution in [2.45, 2.75) is 12.8 Å². The molecule has 0 saturated heterocycles. The summed E-state index contributed by atoms with van der Waals surface area (Å²) in [7, 11) is 0. The van der Waals surface area contributed by atoms with Gasteiger partial charge in [0.05, 0.1) is 0 Å². The van der Waals surface area contributed by atoms with Crippen molar-refractivity contribution >= 4 is 0 Å². The van der Waals surface area contributed by atoms with E-state index in [0.29, 0.717) is 24.0 Å². The van der Waals surface area contributed by atoms with Crippen LogP contribution in [0.3, 0.4) is 0 Å². The Kier molecular flexibility index (Phi) is 2.13.